The van der Waals surface area contributed by atoms with E-state index < -0.39 is 0 Å². The van der Waals surface area contributed by atoms with E-state index in [4.69, 9.17) is 0 Å². The molecule has 0 fully saturated rings. The first-order chi connectivity index (χ1) is 37.6. The van der Waals surface area contributed by atoms with Crippen LogP contribution in [0.3, 0.4) is 0 Å². The van der Waals surface area contributed by atoms with Crippen molar-refractivity contribution in [3.05, 3.63) is 260 Å². The van der Waals surface area contributed by atoms with Crippen molar-refractivity contribution in [2.24, 2.45) is 33.5 Å². The molecule has 4 aliphatic rings. The Bertz CT molecular complexity index is 2590. The van der Waals surface area contributed by atoms with Gasteiger partial charge in [0.1, 0.15) is 0 Å². The molecule has 4 rings (SSSR count). The molecule has 0 aromatic carbocycles. The molecule has 0 radical (unpaired) electrons. The van der Waals surface area contributed by atoms with Gasteiger partial charge >= 0.3 is 0 Å². The maximum atomic E-state index is 2.41. The highest BCUT2D eigenvalue weighted by Gasteiger charge is 2.32. The maximum Gasteiger partial charge on any atom is 0.00285 e. The van der Waals surface area contributed by atoms with Crippen LogP contribution in [-0.2, 0) is 0 Å². The van der Waals surface area contributed by atoms with E-state index in [0.29, 0.717) is 33.5 Å². The van der Waals surface area contributed by atoms with Crippen LogP contribution in [0.4, 0.5) is 0 Å². The third kappa shape index (κ3) is 25.4. The fourth-order valence-corrected chi connectivity index (χ4v) is 11.6. The summed E-state index contributed by atoms with van der Waals surface area (Å²) in [6.07, 6.45) is 79.0. The summed E-state index contributed by atoms with van der Waals surface area (Å²) in [7, 11) is 0. The Labute approximate surface area is 493 Å². The molecule has 0 aliphatic heterocycles. The molecular formula is C80H112. The van der Waals surface area contributed by atoms with E-state index in [1.165, 1.54) is 131 Å². The molecule has 1 unspecified atom stereocenters. The predicted octanol–water partition coefficient (Wildman–Crippen LogP) is 24.9. The van der Waals surface area contributed by atoms with Crippen LogP contribution in [0.1, 0.15) is 203 Å². The monoisotopic (exact) mass is 1070 g/mol. The zero-order valence-electron chi connectivity index (χ0n) is 54.5. The first-order valence-electron chi connectivity index (χ1n) is 30.5. The molecule has 0 heterocycles. The molecule has 0 saturated carbocycles. The highest BCUT2D eigenvalue weighted by molar-refractivity contribution is 5.40. The lowest BCUT2D eigenvalue weighted by Crippen LogP contribution is -2.26. The summed E-state index contributed by atoms with van der Waals surface area (Å²) in [5.41, 5.74) is 20.4. The van der Waals surface area contributed by atoms with Crippen molar-refractivity contribution in [3.8, 4) is 0 Å². The zero-order valence-corrected chi connectivity index (χ0v) is 54.5. The molecule has 0 aromatic rings. The van der Waals surface area contributed by atoms with E-state index >= 15 is 0 Å². The van der Waals surface area contributed by atoms with E-state index in [9.17, 15) is 0 Å². The van der Waals surface area contributed by atoms with Crippen molar-refractivity contribution in [2.45, 2.75) is 203 Å². The van der Waals surface area contributed by atoms with Gasteiger partial charge in [-0.1, -0.05) is 305 Å². The van der Waals surface area contributed by atoms with E-state index in [0.717, 1.165) is 0 Å². The van der Waals surface area contributed by atoms with Crippen molar-refractivity contribution >= 4 is 0 Å². The molecule has 0 spiro atoms. The van der Waals surface area contributed by atoms with Gasteiger partial charge in [-0.05, 0) is 180 Å². The van der Waals surface area contributed by atoms with Gasteiger partial charge in [0.15, 0.2) is 0 Å². The summed E-state index contributed by atoms with van der Waals surface area (Å²) < 4.78 is 0. The Kier molecular flexibility index (Phi) is 29.0. The minimum atomic E-state index is 0.291. The van der Waals surface area contributed by atoms with Gasteiger partial charge in [-0.15, -0.1) is 0 Å². The molecule has 80 heavy (non-hydrogen) atoms. The predicted molar refractivity (Wildman–Crippen MR) is 363 cm³/mol. The van der Waals surface area contributed by atoms with Crippen molar-refractivity contribution in [1.29, 1.82) is 0 Å². The Morgan fingerprint density at radius 3 is 0.887 bits per heavy atom. The molecule has 432 valence electrons. The van der Waals surface area contributed by atoms with Gasteiger partial charge in [-0.25, -0.2) is 0 Å². The summed E-state index contributed by atoms with van der Waals surface area (Å²) in [5, 5.41) is 0. The van der Waals surface area contributed by atoms with Crippen LogP contribution in [0.5, 0.6) is 0 Å². The third-order valence-electron chi connectivity index (χ3n) is 16.9. The average molecular weight is 1070 g/mol. The standard InChI is InChI=1S/2C40H56/c2*1-31(19-13-21-33(3)25-27-37-35(5)23-15-29-39(37,7)8)17-11-12-18-32(2)20-14-22-34(4)26-28-38-36(6)24-16-30-40(38,9)10/h2*11-14,17-23,25-28,37H,15-16,24,29-30H2,1-10H3/b2*12-11+,19-13+,20-14+,27-25+,28-26+,31-17+,32-18+,33-21+,34-22+/t37-;/m0./s1. The van der Waals surface area contributed by atoms with Crippen molar-refractivity contribution in [1.82, 2.24) is 0 Å². The highest BCUT2D eigenvalue weighted by atomic mass is 14.4. The second-order valence-corrected chi connectivity index (χ2v) is 26.6. The lowest BCUT2D eigenvalue weighted by atomic mass is 9.68. The van der Waals surface area contributed by atoms with Crippen LogP contribution in [0.2, 0.25) is 0 Å². The Morgan fingerprint density at radius 1 is 0.350 bits per heavy atom. The molecular weight excluding hydrogens is 961 g/mol. The Morgan fingerprint density at radius 2 is 0.613 bits per heavy atom. The number of rotatable bonds is 20. The second-order valence-electron chi connectivity index (χ2n) is 26.6. The summed E-state index contributed by atoms with van der Waals surface area (Å²) in [6.45, 7) is 45.5. The minimum Gasteiger partial charge on any atom is -0.0850 e. The lowest BCUT2D eigenvalue weighted by Gasteiger charge is -2.36. The topological polar surface area (TPSA) is 0 Å². The molecule has 0 heteroatoms. The van der Waals surface area contributed by atoms with Crippen LogP contribution in [-0.4, -0.2) is 0 Å². The van der Waals surface area contributed by atoms with Gasteiger partial charge in [0, 0.05) is 11.8 Å². The van der Waals surface area contributed by atoms with Gasteiger partial charge in [0.2, 0.25) is 0 Å². The largest absolute Gasteiger partial charge is 0.0850 e. The summed E-state index contributed by atoms with van der Waals surface area (Å²) in [5.74, 6) is 1.06. The second kappa shape index (κ2) is 33.9. The third-order valence-corrected chi connectivity index (χ3v) is 16.9. The van der Waals surface area contributed by atoms with Crippen LogP contribution >= 0.6 is 0 Å². The molecule has 2 atom stereocenters. The zero-order chi connectivity index (χ0) is 59.5. The number of allylic oxidation sites excluding steroid dienone is 44. The van der Waals surface area contributed by atoms with Gasteiger partial charge in [-0.3, -0.25) is 0 Å². The van der Waals surface area contributed by atoms with Crippen LogP contribution in [0.25, 0.3) is 0 Å². The van der Waals surface area contributed by atoms with Crippen molar-refractivity contribution in [3.63, 3.8) is 0 Å². The molecule has 0 bridgehead atoms. The fraction of sp³-hybridized carbons (Fsp3) is 0.450. The normalized spacial score (nSPS) is 23.6. The van der Waals surface area contributed by atoms with Gasteiger partial charge in [0.25, 0.3) is 0 Å². The van der Waals surface area contributed by atoms with E-state index in [1.54, 1.807) is 11.1 Å². The SMILES string of the molecule is CC1=CCCC(C)(C)C1/C=C/C(C)=C/C=C/C(C)=C/C=C/C=C(C)/C=C/C=C(C)/C=C/C1=C(C)CCCC1(C)C.CC1=CCCC(C)(C)[C@H]1/C=C/C(C)=C/C=C/C(C)=C/C=C/C=C(C)/C=C/C=C(C)/C=C/C1=C(C)CCCC1(C)C. The fourth-order valence-electron chi connectivity index (χ4n) is 11.6. The summed E-state index contributed by atoms with van der Waals surface area (Å²) in [6, 6.07) is 0. The van der Waals surface area contributed by atoms with E-state index in [2.05, 4.69) is 321 Å². The van der Waals surface area contributed by atoms with E-state index in [1.807, 2.05) is 0 Å². The molecule has 0 amide bonds. The first-order valence-corrected chi connectivity index (χ1v) is 30.5. The average Bonchev–Trinajstić information content (AvgIpc) is 3.35. The molecule has 0 aromatic heterocycles. The summed E-state index contributed by atoms with van der Waals surface area (Å²) >= 11 is 0. The summed E-state index contributed by atoms with van der Waals surface area (Å²) in [4.78, 5) is 0. The quantitative estimate of drug-likeness (QED) is 0.0842. The van der Waals surface area contributed by atoms with E-state index in [-0.39, 0.29) is 0 Å². The molecule has 0 nitrogen and oxygen atoms in total. The van der Waals surface area contributed by atoms with Gasteiger partial charge in [-0.2, -0.15) is 0 Å². The number of hydrogen-bond donors (Lipinski definition) is 0. The Hall–Kier alpha value is -5.72. The highest BCUT2D eigenvalue weighted by Crippen LogP contribution is 2.44. The molecule has 4 aliphatic carbocycles. The molecule has 0 N–H and O–H groups in total. The van der Waals surface area contributed by atoms with Crippen molar-refractivity contribution < 1.29 is 0 Å². The molecule has 0 saturated heterocycles. The number of hydrogen-bond acceptors (Lipinski definition) is 0. The van der Waals surface area contributed by atoms with Crippen LogP contribution < -0.4 is 0 Å². The van der Waals surface area contributed by atoms with Gasteiger partial charge in [0.05, 0.1) is 0 Å². The van der Waals surface area contributed by atoms with Crippen LogP contribution in [0, 0.1) is 33.5 Å². The smallest absolute Gasteiger partial charge is 0.00285 e. The van der Waals surface area contributed by atoms with Crippen LogP contribution in [0.15, 0.2) is 260 Å². The lowest BCUT2D eigenvalue weighted by molar-refractivity contribution is 0.255. The first kappa shape index (κ1) is 68.6. The van der Waals surface area contributed by atoms with Gasteiger partial charge < -0.3 is 0 Å². The maximum absolute atomic E-state index is 2.41. The minimum absolute atomic E-state index is 0.291. The van der Waals surface area contributed by atoms with Crippen molar-refractivity contribution in [2.75, 3.05) is 0 Å². The Balaban J connectivity index is 0.000000420.